The number of carbonyl (C=O) groups is 1. The van der Waals surface area contributed by atoms with Gasteiger partial charge in [0, 0.05) is 11.4 Å². The largest absolute Gasteiger partial charge is 0.483 e. The monoisotopic (exact) mass is 252 g/mol. The quantitative estimate of drug-likeness (QED) is 0.712. The van der Waals surface area contributed by atoms with Gasteiger partial charge in [0.15, 0.2) is 5.78 Å². The molecule has 0 bridgehead atoms. The fourth-order valence-electron chi connectivity index (χ4n) is 2.56. The molecule has 0 N–H and O–H groups in total. The summed E-state index contributed by atoms with van der Waals surface area (Å²) in [6, 6.07) is 5.18. The molecule has 1 spiro atoms. The van der Waals surface area contributed by atoms with Gasteiger partial charge in [-0.2, -0.15) is 0 Å². The summed E-state index contributed by atoms with van der Waals surface area (Å²) in [5.41, 5.74) is 0.111. The highest BCUT2D eigenvalue weighted by atomic mass is 35.5. The molecule has 2 unspecified atom stereocenters. The van der Waals surface area contributed by atoms with Crippen LogP contribution in [0.4, 0.5) is 0 Å². The molecule has 0 saturated carbocycles. The Morgan fingerprint density at radius 3 is 3.00 bits per heavy atom. The number of hydrogen-bond donors (Lipinski definition) is 0. The highest BCUT2D eigenvalue weighted by molar-refractivity contribution is 6.31. The van der Waals surface area contributed by atoms with Gasteiger partial charge in [-0.3, -0.25) is 4.79 Å². The smallest absolute Gasteiger partial charge is 0.170 e. The van der Waals surface area contributed by atoms with Gasteiger partial charge in [0.25, 0.3) is 0 Å². The van der Waals surface area contributed by atoms with Gasteiger partial charge in [-0.1, -0.05) is 11.6 Å². The fraction of sp³-hybridized carbons (Fsp3) is 0.462. The highest BCUT2D eigenvalue weighted by Gasteiger charge is 2.48. The van der Waals surface area contributed by atoms with E-state index in [0.717, 1.165) is 6.42 Å². The molecule has 3 nitrogen and oxygen atoms in total. The van der Waals surface area contributed by atoms with E-state index in [1.54, 1.807) is 18.2 Å². The molecule has 0 amide bonds. The van der Waals surface area contributed by atoms with Crippen LogP contribution >= 0.6 is 11.6 Å². The summed E-state index contributed by atoms with van der Waals surface area (Å²) in [4.78, 5) is 12.2. The van der Waals surface area contributed by atoms with Crippen LogP contribution in [0.25, 0.3) is 0 Å². The molecule has 0 aliphatic carbocycles. The fourth-order valence-corrected chi connectivity index (χ4v) is 2.73. The van der Waals surface area contributed by atoms with Gasteiger partial charge in [-0.15, -0.1) is 0 Å². The molecular weight excluding hydrogens is 240 g/mol. The van der Waals surface area contributed by atoms with Crippen molar-refractivity contribution >= 4 is 17.4 Å². The molecular formula is C13H13ClO3. The Bertz CT molecular complexity index is 486. The number of benzene rings is 1. The molecule has 90 valence electrons. The summed E-state index contributed by atoms with van der Waals surface area (Å²) in [6.45, 7) is 2.61. The van der Waals surface area contributed by atoms with Gasteiger partial charge in [-0.25, -0.2) is 0 Å². The van der Waals surface area contributed by atoms with Crippen molar-refractivity contribution < 1.29 is 14.3 Å². The van der Waals surface area contributed by atoms with Crippen molar-refractivity contribution in [3.63, 3.8) is 0 Å². The van der Waals surface area contributed by atoms with E-state index in [1.807, 2.05) is 6.92 Å². The zero-order valence-electron chi connectivity index (χ0n) is 9.53. The molecule has 2 aliphatic rings. The van der Waals surface area contributed by atoms with E-state index in [1.165, 1.54) is 0 Å². The third kappa shape index (κ3) is 1.65. The van der Waals surface area contributed by atoms with Gasteiger partial charge in [0.1, 0.15) is 11.4 Å². The average Bonchev–Trinajstić information content (AvgIpc) is 2.62. The standard InChI is InChI=1S/C13H13ClO3/c1-8-13(4-5-16-8)7-11(15)10-6-9(14)2-3-12(10)17-13/h2-3,6,8H,4-5,7H2,1H3. The number of carbonyl (C=O) groups excluding carboxylic acids is 1. The van der Waals surface area contributed by atoms with E-state index >= 15 is 0 Å². The molecule has 1 aromatic carbocycles. The Hall–Kier alpha value is -1.06. The molecule has 2 aliphatic heterocycles. The van der Waals surface area contributed by atoms with Crippen LogP contribution in [-0.2, 0) is 4.74 Å². The molecule has 0 aromatic heterocycles. The SMILES string of the molecule is CC1OCCC12CC(=O)c1cc(Cl)ccc1O2. The number of Topliss-reactive ketones (excluding diaryl/α,β-unsaturated/α-hetero) is 1. The molecule has 0 radical (unpaired) electrons. The number of rotatable bonds is 0. The Labute approximate surface area is 105 Å². The maximum Gasteiger partial charge on any atom is 0.170 e. The van der Waals surface area contributed by atoms with Gasteiger partial charge in [0.05, 0.1) is 24.7 Å². The second kappa shape index (κ2) is 3.72. The predicted molar refractivity (Wildman–Crippen MR) is 63.8 cm³/mol. The van der Waals surface area contributed by atoms with Crippen LogP contribution < -0.4 is 4.74 Å². The molecule has 1 saturated heterocycles. The summed E-state index contributed by atoms with van der Waals surface area (Å²) < 4.78 is 11.5. The number of ketones is 1. The number of fused-ring (bicyclic) bond motifs is 1. The van der Waals surface area contributed by atoms with Gasteiger partial charge in [-0.05, 0) is 25.1 Å². The van der Waals surface area contributed by atoms with Crippen molar-refractivity contribution in [3.05, 3.63) is 28.8 Å². The Morgan fingerprint density at radius 1 is 1.47 bits per heavy atom. The first kappa shape index (κ1) is 11.1. The number of halogens is 1. The van der Waals surface area contributed by atoms with Crippen molar-refractivity contribution in [2.45, 2.75) is 31.5 Å². The van der Waals surface area contributed by atoms with Crippen molar-refractivity contribution in [1.82, 2.24) is 0 Å². The molecule has 2 heterocycles. The van der Waals surface area contributed by atoms with Crippen LogP contribution in [0.3, 0.4) is 0 Å². The third-order valence-electron chi connectivity index (χ3n) is 3.65. The molecule has 2 atom stereocenters. The molecule has 3 rings (SSSR count). The Kier molecular flexibility index (Phi) is 2.42. The number of ether oxygens (including phenoxy) is 2. The van der Waals surface area contributed by atoms with E-state index < -0.39 is 5.60 Å². The van der Waals surface area contributed by atoms with Crippen molar-refractivity contribution in [2.24, 2.45) is 0 Å². The second-order valence-electron chi connectivity index (χ2n) is 4.67. The minimum atomic E-state index is -0.474. The zero-order chi connectivity index (χ0) is 12.0. The van der Waals surface area contributed by atoms with Crippen LogP contribution in [0.15, 0.2) is 18.2 Å². The molecule has 17 heavy (non-hydrogen) atoms. The van der Waals surface area contributed by atoms with Gasteiger partial charge >= 0.3 is 0 Å². The Morgan fingerprint density at radius 2 is 2.29 bits per heavy atom. The van der Waals surface area contributed by atoms with Crippen molar-refractivity contribution in [1.29, 1.82) is 0 Å². The van der Waals surface area contributed by atoms with E-state index in [4.69, 9.17) is 21.1 Å². The van der Waals surface area contributed by atoms with Gasteiger partial charge < -0.3 is 9.47 Å². The van der Waals surface area contributed by atoms with Crippen LogP contribution in [0.5, 0.6) is 5.75 Å². The summed E-state index contributed by atoms with van der Waals surface area (Å²) in [7, 11) is 0. The summed E-state index contributed by atoms with van der Waals surface area (Å²) in [5.74, 6) is 0.717. The van der Waals surface area contributed by atoms with Gasteiger partial charge in [0.2, 0.25) is 0 Å². The topological polar surface area (TPSA) is 35.5 Å². The first-order valence-corrected chi connectivity index (χ1v) is 6.12. The summed E-state index contributed by atoms with van der Waals surface area (Å²) in [5, 5.41) is 0.562. The van der Waals surface area contributed by atoms with Crippen LogP contribution in [0, 0.1) is 0 Å². The van der Waals surface area contributed by atoms with E-state index in [0.29, 0.717) is 29.4 Å². The summed E-state index contributed by atoms with van der Waals surface area (Å²) in [6.07, 6.45) is 1.10. The van der Waals surface area contributed by atoms with Crippen molar-refractivity contribution in [3.8, 4) is 5.75 Å². The Balaban J connectivity index is 2.04. The lowest BCUT2D eigenvalue weighted by atomic mass is 9.85. The minimum absolute atomic E-state index is 0.0460. The lowest BCUT2D eigenvalue weighted by molar-refractivity contribution is -0.0160. The number of hydrogen-bond acceptors (Lipinski definition) is 3. The van der Waals surface area contributed by atoms with Crippen LogP contribution in [0.2, 0.25) is 5.02 Å². The van der Waals surface area contributed by atoms with E-state index in [-0.39, 0.29) is 11.9 Å². The lowest BCUT2D eigenvalue weighted by Crippen LogP contribution is -2.47. The highest BCUT2D eigenvalue weighted by Crippen LogP contribution is 2.41. The lowest BCUT2D eigenvalue weighted by Gasteiger charge is -2.36. The minimum Gasteiger partial charge on any atom is -0.483 e. The summed E-state index contributed by atoms with van der Waals surface area (Å²) >= 11 is 5.89. The van der Waals surface area contributed by atoms with Crippen molar-refractivity contribution in [2.75, 3.05) is 6.61 Å². The maximum atomic E-state index is 12.2. The molecule has 1 aromatic rings. The predicted octanol–water partition coefficient (Wildman–Crippen LogP) is 2.85. The third-order valence-corrected chi connectivity index (χ3v) is 3.88. The molecule has 4 heteroatoms. The first-order valence-electron chi connectivity index (χ1n) is 5.74. The normalized spacial score (nSPS) is 31.4. The maximum absolute atomic E-state index is 12.2. The average molecular weight is 253 g/mol. The van der Waals surface area contributed by atoms with E-state index in [9.17, 15) is 4.79 Å². The van der Waals surface area contributed by atoms with E-state index in [2.05, 4.69) is 0 Å². The zero-order valence-corrected chi connectivity index (χ0v) is 10.3. The van der Waals surface area contributed by atoms with Crippen LogP contribution in [0.1, 0.15) is 30.1 Å². The first-order chi connectivity index (χ1) is 8.11. The molecule has 1 fully saturated rings. The second-order valence-corrected chi connectivity index (χ2v) is 5.11. The van der Waals surface area contributed by atoms with Crippen LogP contribution in [-0.4, -0.2) is 24.1 Å².